The molecule has 0 atom stereocenters. The van der Waals surface area contributed by atoms with Crippen molar-refractivity contribution in [1.82, 2.24) is 5.43 Å². The summed E-state index contributed by atoms with van der Waals surface area (Å²) in [5.74, 6) is 0.443. The molecule has 13 heteroatoms. The van der Waals surface area contributed by atoms with Gasteiger partial charge in [0.05, 0.1) is 36.7 Å². The molecular weight excluding hydrogens is 608 g/mol. The van der Waals surface area contributed by atoms with E-state index in [9.17, 15) is 18.0 Å². The van der Waals surface area contributed by atoms with Crippen LogP contribution >= 0.6 is 11.6 Å². The number of hydrogen-bond acceptors (Lipinski definition) is 8. The van der Waals surface area contributed by atoms with Crippen LogP contribution in [0, 0.1) is 0 Å². The largest absolute Gasteiger partial charge is 0.497 e. The molecular formula is C31H29ClN4O7S. The number of methoxy groups -OCH3 is 2. The lowest BCUT2D eigenvalue weighted by Gasteiger charge is -2.23. The van der Waals surface area contributed by atoms with Gasteiger partial charge in [-0.3, -0.25) is 13.9 Å². The van der Waals surface area contributed by atoms with Crippen molar-refractivity contribution in [2.45, 2.75) is 4.90 Å². The number of benzene rings is 4. The molecule has 2 amide bonds. The SMILES string of the molecule is COc1ccc(S(=O)(=O)N(CC(=O)N/N=C/c2ccc(OCC(=O)Nc3ccccc3OC)cc2)c2ccc(Cl)cc2)cc1. The average molecular weight is 637 g/mol. The summed E-state index contributed by atoms with van der Waals surface area (Å²) < 4.78 is 43.8. The number of rotatable bonds is 13. The summed E-state index contributed by atoms with van der Waals surface area (Å²) in [6.07, 6.45) is 1.39. The molecule has 0 saturated heterocycles. The number of para-hydroxylation sites is 2. The number of amides is 2. The third-order valence-electron chi connectivity index (χ3n) is 6.08. The highest BCUT2D eigenvalue weighted by Crippen LogP contribution is 2.26. The van der Waals surface area contributed by atoms with E-state index in [1.54, 1.807) is 48.5 Å². The Kier molecular flexibility index (Phi) is 10.8. The zero-order chi connectivity index (χ0) is 31.5. The quantitative estimate of drug-likeness (QED) is 0.160. The van der Waals surface area contributed by atoms with Gasteiger partial charge >= 0.3 is 0 Å². The fraction of sp³-hybridized carbons (Fsp3) is 0.129. The third kappa shape index (κ3) is 8.49. The lowest BCUT2D eigenvalue weighted by molar-refractivity contribution is -0.119. The van der Waals surface area contributed by atoms with Crippen LogP contribution < -0.4 is 29.3 Å². The van der Waals surface area contributed by atoms with Crippen molar-refractivity contribution < 1.29 is 32.2 Å². The average Bonchev–Trinajstić information content (AvgIpc) is 3.04. The molecule has 0 fully saturated rings. The Morgan fingerprint density at radius 2 is 1.50 bits per heavy atom. The predicted octanol–water partition coefficient (Wildman–Crippen LogP) is 4.72. The van der Waals surface area contributed by atoms with E-state index in [4.69, 9.17) is 25.8 Å². The van der Waals surface area contributed by atoms with E-state index in [0.29, 0.717) is 33.5 Å². The molecule has 228 valence electrons. The first-order chi connectivity index (χ1) is 21.2. The first-order valence-corrected chi connectivity index (χ1v) is 14.9. The number of nitrogens with zero attached hydrogens (tertiary/aromatic N) is 2. The minimum absolute atomic E-state index is 0.0240. The second-order valence-electron chi connectivity index (χ2n) is 9.06. The minimum Gasteiger partial charge on any atom is -0.497 e. The Morgan fingerprint density at radius 3 is 2.16 bits per heavy atom. The summed E-state index contributed by atoms with van der Waals surface area (Å²) in [5, 5.41) is 7.09. The van der Waals surface area contributed by atoms with E-state index >= 15 is 0 Å². The number of sulfonamides is 1. The van der Waals surface area contributed by atoms with Crippen LogP contribution in [0.1, 0.15) is 5.56 Å². The van der Waals surface area contributed by atoms with E-state index in [1.165, 1.54) is 69.0 Å². The molecule has 0 bridgehead atoms. The van der Waals surface area contributed by atoms with Gasteiger partial charge in [0.15, 0.2) is 6.61 Å². The van der Waals surface area contributed by atoms with Crippen LogP contribution in [0.15, 0.2) is 107 Å². The summed E-state index contributed by atoms with van der Waals surface area (Å²) in [4.78, 5) is 25.0. The van der Waals surface area contributed by atoms with E-state index < -0.39 is 22.5 Å². The van der Waals surface area contributed by atoms with Gasteiger partial charge in [-0.25, -0.2) is 13.8 Å². The van der Waals surface area contributed by atoms with E-state index in [0.717, 1.165) is 4.31 Å². The second kappa shape index (κ2) is 14.9. The van der Waals surface area contributed by atoms with Gasteiger partial charge in [-0.2, -0.15) is 5.10 Å². The molecule has 0 aromatic heterocycles. The molecule has 4 rings (SSSR count). The maximum absolute atomic E-state index is 13.5. The van der Waals surface area contributed by atoms with Crippen LogP contribution in [0.5, 0.6) is 17.2 Å². The standard InChI is InChI=1S/C31H29ClN4O7S/c1-41-25-15-17-27(18-16-25)44(39,40)36(24-11-9-23(32)10-12-24)20-30(37)35-33-19-22-7-13-26(14-8-22)43-21-31(38)34-28-5-3-4-6-29(28)42-2/h3-19H,20-21H2,1-2H3,(H,34,38)(H,35,37)/b33-19+. The van der Waals surface area contributed by atoms with E-state index in [1.807, 2.05) is 0 Å². The number of hydrogen-bond donors (Lipinski definition) is 2. The number of hydrazone groups is 1. The number of carbonyl (C=O) groups excluding carboxylic acids is 2. The summed E-state index contributed by atoms with van der Waals surface area (Å²) in [7, 11) is -1.14. The Morgan fingerprint density at radius 1 is 0.841 bits per heavy atom. The summed E-state index contributed by atoms with van der Waals surface area (Å²) in [5.41, 5.74) is 3.76. The van der Waals surface area contributed by atoms with Crippen molar-refractivity contribution in [1.29, 1.82) is 0 Å². The highest BCUT2D eigenvalue weighted by atomic mass is 35.5. The normalized spacial score (nSPS) is 11.1. The molecule has 4 aromatic rings. The zero-order valence-corrected chi connectivity index (χ0v) is 25.3. The highest BCUT2D eigenvalue weighted by molar-refractivity contribution is 7.92. The van der Waals surface area contributed by atoms with Crippen LogP contribution in [-0.2, 0) is 19.6 Å². The Hall–Kier alpha value is -5.07. The maximum atomic E-state index is 13.5. The van der Waals surface area contributed by atoms with Crippen molar-refractivity contribution in [3.05, 3.63) is 108 Å². The van der Waals surface area contributed by atoms with Crippen LogP contribution in [0.2, 0.25) is 5.02 Å². The maximum Gasteiger partial charge on any atom is 0.264 e. The van der Waals surface area contributed by atoms with Crippen molar-refractivity contribution in [2.75, 3.05) is 37.0 Å². The van der Waals surface area contributed by atoms with Gasteiger partial charge in [0.1, 0.15) is 23.8 Å². The highest BCUT2D eigenvalue weighted by Gasteiger charge is 2.27. The van der Waals surface area contributed by atoms with Gasteiger partial charge in [-0.15, -0.1) is 0 Å². The molecule has 44 heavy (non-hydrogen) atoms. The lowest BCUT2D eigenvalue weighted by Crippen LogP contribution is -2.39. The predicted molar refractivity (Wildman–Crippen MR) is 168 cm³/mol. The summed E-state index contributed by atoms with van der Waals surface area (Å²) in [6, 6.07) is 25.6. The molecule has 0 saturated carbocycles. The van der Waals surface area contributed by atoms with Crippen LogP contribution in [0.3, 0.4) is 0 Å². The molecule has 0 radical (unpaired) electrons. The lowest BCUT2D eigenvalue weighted by atomic mass is 10.2. The topological polar surface area (TPSA) is 136 Å². The van der Waals surface area contributed by atoms with Gasteiger partial charge < -0.3 is 19.5 Å². The molecule has 2 N–H and O–H groups in total. The Balaban J connectivity index is 1.35. The molecule has 0 spiro atoms. The molecule has 0 aliphatic heterocycles. The summed E-state index contributed by atoms with van der Waals surface area (Å²) >= 11 is 5.98. The van der Waals surface area contributed by atoms with Crippen molar-refractivity contribution >= 4 is 51.0 Å². The smallest absolute Gasteiger partial charge is 0.264 e. The molecule has 0 heterocycles. The fourth-order valence-electron chi connectivity index (χ4n) is 3.88. The molecule has 0 aliphatic carbocycles. The number of carbonyl (C=O) groups is 2. The zero-order valence-electron chi connectivity index (χ0n) is 23.8. The van der Waals surface area contributed by atoms with Gasteiger partial charge in [0.25, 0.3) is 21.8 Å². The molecule has 0 unspecified atom stereocenters. The molecule has 11 nitrogen and oxygen atoms in total. The van der Waals surface area contributed by atoms with Crippen LogP contribution in [-0.4, -0.2) is 53.8 Å². The van der Waals surface area contributed by atoms with E-state index in [2.05, 4.69) is 15.8 Å². The van der Waals surface area contributed by atoms with Gasteiger partial charge in [0.2, 0.25) is 0 Å². The Bertz CT molecular complexity index is 1710. The van der Waals surface area contributed by atoms with Crippen molar-refractivity contribution in [3.63, 3.8) is 0 Å². The van der Waals surface area contributed by atoms with Gasteiger partial charge in [0, 0.05) is 5.02 Å². The first-order valence-electron chi connectivity index (χ1n) is 13.1. The minimum atomic E-state index is -4.13. The number of ether oxygens (including phenoxy) is 3. The monoisotopic (exact) mass is 636 g/mol. The number of nitrogens with one attached hydrogen (secondary N) is 2. The third-order valence-corrected chi connectivity index (χ3v) is 8.12. The van der Waals surface area contributed by atoms with Gasteiger partial charge in [-0.1, -0.05) is 23.7 Å². The second-order valence-corrected chi connectivity index (χ2v) is 11.4. The number of halogens is 1. The molecule has 0 aliphatic rings. The molecule has 4 aromatic carbocycles. The van der Waals surface area contributed by atoms with Crippen molar-refractivity contribution in [3.8, 4) is 17.2 Å². The van der Waals surface area contributed by atoms with Gasteiger partial charge in [-0.05, 0) is 90.5 Å². The Labute approximate surface area is 260 Å². The number of anilines is 2. The van der Waals surface area contributed by atoms with E-state index in [-0.39, 0.29) is 23.1 Å². The summed E-state index contributed by atoms with van der Waals surface area (Å²) in [6.45, 7) is -0.762. The first kappa shape index (κ1) is 31.9. The van der Waals surface area contributed by atoms with Crippen molar-refractivity contribution in [2.24, 2.45) is 5.10 Å². The van der Waals surface area contributed by atoms with Crippen LogP contribution in [0.4, 0.5) is 11.4 Å². The fourth-order valence-corrected chi connectivity index (χ4v) is 5.42. The van der Waals surface area contributed by atoms with Crippen LogP contribution in [0.25, 0.3) is 0 Å².